The lowest BCUT2D eigenvalue weighted by Crippen LogP contribution is -2.31. The van der Waals surface area contributed by atoms with Crippen molar-refractivity contribution in [3.8, 4) is 5.69 Å². The summed E-state index contributed by atoms with van der Waals surface area (Å²) in [5, 5.41) is 3.24. The molecule has 3 rings (SSSR count). The number of nitrogens with zero attached hydrogens (tertiary/aromatic N) is 2. The van der Waals surface area contributed by atoms with E-state index in [-0.39, 0.29) is 28.0 Å². The van der Waals surface area contributed by atoms with Crippen molar-refractivity contribution in [3.05, 3.63) is 46.3 Å². The average Bonchev–Trinajstić information content (AvgIpc) is 3.04. The van der Waals surface area contributed by atoms with Crippen LogP contribution in [0.1, 0.15) is 82.2 Å². The highest BCUT2D eigenvalue weighted by Gasteiger charge is 2.24. The van der Waals surface area contributed by atoms with Crippen molar-refractivity contribution in [2.75, 3.05) is 6.54 Å². The van der Waals surface area contributed by atoms with Crippen LogP contribution in [0.15, 0.2) is 18.2 Å². The van der Waals surface area contributed by atoms with Crippen molar-refractivity contribution in [1.82, 2.24) is 14.9 Å². The van der Waals surface area contributed by atoms with Gasteiger partial charge in [-0.3, -0.25) is 9.36 Å². The first kappa shape index (κ1) is 23.8. The molecule has 0 saturated heterocycles. The Morgan fingerprint density at radius 1 is 1.26 bits per heavy atom. The summed E-state index contributed by atoms with van der Waals surface area (Å²) in [6.07, 6.45) is 5.94. The number of hydrogen-bond donors (Lipinski definition) is 1. The second-order valence-corrected chi connectivity index (χ2v) is 10.6. The fraction of sp³-hybridized carbons (Fsp3) is 0.600. The number of imidazole rings is 1. The number of benzene rings is 1. The Bertz CT molecular complexity index is 924. The van der Waals surface area contributed by atoms with Gasteiger partial charge in [0, 0.05) is 13.0 Å². The maximum Gasteiger partial charge on any atom is 0.273 e. The summed E-state index contributed by atoms with van der Waals surface area (Å²) in [6.45, 7) is 11.1. The maximum atomic E-state index is 14.8. The minimum atomic E-state index is -0.267. The van der Waals surface area contributed by atoms with Gasteiger partial charge in [0.05, 0.1) is 5.69 Å². The van der Waals surface area contributed by atoms with Gasteiger partial charge in [-0.2, -0.15) is 0 Å². The molecule has 1 N–H and O–H groups in total. The zero-order valence-corrected chi connectivity index (χ0v) is 20.2. The third-order valence-electron chi connectivity index (χ3n) is 6.12. The number of rotatable bonds is 6. The zero-order valence-electron chi connectivity index (χ0n) is 19.4. The highest BCUT2D eigenvalue weighted by molar-refractivity contribution is 6.32. The maximum absolute atomic E-state index is 14.8. The van der Waals surface area contributed by atoms with Crippen molar-refractivity contribution in [2.45, 2.75) is 73.1 Å². The molecule has 31 heavy (non-hydrogen) atoms. The van der Waals surface area contributed by atoms with E-state index >= 15 is 0 Å². The summed E-state index contributed by atoms with van der Waals surface area (Å²) < 4.78 is 16.5. The number of halogens is 2. The first-order valence-corrected chi connectivity index (χ1v) is 11.8. The van der Waals surface area contributed by atoms with Gasteiger partial charge in [0.2, 0.25) is 0 Å². The molecule has 0 aliphatic heterocycles. The van der Waals surface area contributed by atoms with Gasteiger partial charge in [0.1, 0.15) is 16.8 Å². The molecule has 1 amide bonds. The van der Waals surface area contributed by atoms with Gasteiger partial charge in [0.15, 0.2) is 5.69 Å². The normalized spacial score (nSPS) is 19.5. The van der Waals surface area contributed by atoms with Crippen molar-refractivity contribution in [3.63, 3.8) is 0 Å². The van der Waals surface area contributed by atoms with E-state index in [9.17, 15) is 9.18 Å². The fourth-order valence-electron chi connectivity index (χ4n) is 4.33. The van der Waals surface area contributed by atoms with Crippen LogP contribution in [0.2, 0.25) is 5.15 Å². The topological polar surface area (TPSA) is 46.9 Å². The number of hydrogen-bond acceptors (Lipinski definition) is 2. The van der Waals surface area contributed by atoms with Crippen LogP contribution in [0.4, 0.5) is 4.39 Å². The molecule has 0 spiro atoms. The molecule has 1 aliphatic carbocycles. The molecule has 0 atom stereocenters. The fourth-order valence-corrected chi connectivity index (χ4v) is 4.66. The van der Waals surface area contributed by atoms with Crippen LogP contribution in [0.5, 0.6) is 0 Å². The molecule has 1 aromatic carbocycles. The summed E-state index contributed by atoms with van der Waals surface area (Å²) in [7, 11) is 0. The number of carbonyl (C=O) groups is 1. The second-order valence-electron chi connectivity index (χ2n) is 10.2. The molecule has 0 bridgehead atoms. The SMILES string of the molecule is CCc1nc(C(=O)NCC2CCC(C)CC2)c(Cl)n1-c1ccc(CC(C)(C)C)c(F)c1. The summed E-state index contributed by atoms with van der Waals surface area (Å²) in [5.74, 6) is 1.40. The lowest BCUT2D eigenvalue weighted by Gasteiger charge is -2.26. The highest BCUT2D eigenvalue weighted by atomic mass is 35.5. The van der Waals surface area contributed by atoms with Gasteiger partial charge in [0.25, 0.3) is 5.91 Å². The van der Waals surface area contributed by atoms with E-state index in [1.807, 2.05) is 13.0 Å². The predicted molar refractivity (Wildman–Crippen MR) is 125 cm³/mol. The monoisotopic (exact) mass is 447 g/mol. The van der Waals surface area contributed by atoms with Gasteiger partial charge in [-0.15, -0.1) is 0 Å². The Kier molecular flexibility index (Phi) is 7.46. The van der Waals surface area contributed by atoms with Gasteiger partial charge in [-0.05, 0) is 54.2 Å². The van der Waals surface area contributed by atoms with E-state index in [0.29, 0.717) is 42.4 Å². The molecule has 4 nitrogen and oxygen atoms in total. The molecule has 170 valence electrons. The van der Waals surface area contributed by atoms with Crippen LogP contribution >= 0.6 is 11.6 Å². The van der Waals surface area contributed by atoms with Crippen LogP contribution in [0.25, 0.3) is 5.69 Å². The van der Waals surface area contributed by atoms with Crippen LogP contribution in [-0.2, 0) is 12.8 Å². The third kappa shape index (κ3) is 5.88. The van der Waals surface area contributed by atoms with Crippen LogP contribution < -0.4 is 5.32 Å². The minimum Gasteiger partial charge on any atom is -0.350 e. The molecule has 0 unspecified atom stereocenters. The standard InChI is InChI=1S/C25H35ClFN3O/c1-6-21-29-22(24(31)28-15-17-9-7-16(2)8-10-17)23(26)30(21)19-12-11-18(20(27)13-19)14-25(3,4)5/h11-13,16-17H,6-10,14-15H2,1-5H3,(H,28,31). The molecule has 1 heterocycles. The molecule has 6 heteroatoms. The van der Waals surface area contributed by atoms with Crippen molar-refractivity contribution in [2.24, 2.45) is 17.3 Å². The summed E-state index contributed by atoms with van der Waals surface area (Å²) in [5.41, 5.74) is 1.46. The van der Waals surface area contributed by atoms with E-state index in [4.69, 9.17) is 11.6 Å². The third-order valence-corrected chi connectivity index (χ3v) is 6.47. The molecule has 1 saturated carbocycles. The quantitative estimate of drug-likeness (QED) is 0.559. The van der Waals surface area contributed by atoms with Crippen LogP contribution in [0, 0.1) is 23.1 Å². The first-order chi connectivity index (χ1) is 14.6. The molecule has 1 aliphatic rings. The van der Waals surface area contributed by atoms with E-state index in [1.54, 1.807) is 10.6 Å². The summed E-state index contributed by atoms with van der Waals surface area (Å²) in [4.78, 5) is 17.3. The summed E-state index contributed by atoms with van der Waals surface area (Å²) in [6, 6.07) is 5.13. The molecular weight excluding hydrogens is 413 g/mol. The Hall–Kier alpha value is -1.88. The van der Waals surface area contributed by atoms with E-state index in [1.165, 1.54) is 18.9 Å². The number of carbonyl (C=O) groups excluding carboxylic acids is 1. The molecule has 1 fully saturated rings. The molecular formula is C25H35ClFN3O. The van der Waals surface area contributed by atoms with Gasteiger partial charge < -0.3 is 5.32 Å². The van der Waals surface area contributed by atoms with Gasteiger partial charge in [-0.1, -0.05) is 65.1 Å². The van der Waals surface area contributed by atoms with Crippen molar-refractivity contribution in [1.29, 1.82) is 0 Å². The minimum absolute atomic E-state index is 0.00871. The van der Waals surface area contributed by atoms with Crippen molar-refractivity contribution >= 4 is 17.5 Å². The molecule has 2 aromatic rings. The molecule has 0 radical (unpaired) electrons. The molecule has 1 aromatic heterocycles. The largest absolute Gasteiger partial charge is 0.350 e. The van der Waals surface area contributed by atoms with Crippen molar-refractivity contribution < 1.29 is 9.18 Å². The summed E-state index contributed by atoms with van der Waals surface area (Å²) >= 11 is 6.59. The second kappa shape index (κ2) is 9.72. The Morgan fingerprint density at radius 3 is 2.52 bits per heavy atom. The lowest BCUT2D eigenvalue weighted by atomic mass is 9.83. The smallest absolute Gasteiger partial charge is 0.273 e. The number of aromatic nitrogens is 2. The van der Waals surface area contributed by atoms with Gasteiger partial charge >= 0.3 is 0 Å². The predicted octanol–water partition coefficient (Wildman–Crippen LogP) is 6.37. The van der Waals surface area contributed by atoms with Crippen LogP contribution in [-0.4, -0.2) is 22.0 Å². The lowest BCUT2D eigenvalue weighted by molar-refractivity contribution is 0.0937. The zero-order chi connectivity index (χ0) is 22.8. The van der Waals surface area contributed by atoms with E-state index in [0.717, 1.165) is 18.8 Å². The Balaban J connectivity index is 1.79. The Labute approximate surface area is 190 Å². The van der Waals surface area contributed by atoms with Gasteiger partial charge in [-0.25, -0.2) is 9.37 Å². The highest BCUT2D eigenvalue weighted by Crippen LogP contribution is 2.29. The van der Waals surface area contributed by atoms with E-state index < -0.39 is 0 Å². The number of amides is 1. The first-order valence-electron chi connectivity index (χ1n) is 11.4. The number of nitrogens with one attached hydrogen (secondary N) is 1. The van der Waals surface area contributed by atoms with Crippen LogP contribution in [0.3, 0.4) is 0 Å². The Morgan fingerprint density at radius 2 is 1.94 bits per heavy atom. The average molecular weight is 448 g/mol. The number of aryl methyl sites for hydroxylation is 1. The van der Waals surface area contributed by atoms with E-state index in [2.05, 4.69) is 38.0 Å².